The van der Waals surface area contributed by atoms with Gasteiger partial charge in [0.25, 0.3) is 0 Å². The fourth-order valence-electron chi connectivity index (χ4n) is 3.15. The van der Waals surface area contributed by atoms with Gasteiger partial charge >= 0.3 is 0 Å². The number of fused-ring (bicyclic) bond motifs is 1. The summed E-state index contributed by atoms with van der Waals surface area (Å²) in [5, 5.41) is 0.659. The van der Waals surface area contributed by atoms with Crippen LogP contribution < -0.4 is 4.74 Å². The van der Waals surface area contributed by atoms with Crippen LogP contribution in [-0.4, -0.2) is 33.4 Å². The van der Waals surface area contributed by atoms with Gasteiger partial charge in [-0.3, -0.25) is 4.79 Å². The van der Waals surface area contributed by atoms with Crippen LogP contribution in [0.25, 0.3) is 11.0 Å². The molecule has 1 aromatic heterocycles. The number of carbonyl (C=O) groups is 1. The van der Waals surface area contributed by atoms with E-state index >= 15 is 0 Å². The molecule has 0 N–H and O–H groups in total. The van der Waals surface area contributed by atoms with Gasteiger partial charge in [-0.15, -0.1) is 0 Å². The van der Waals surface area contributed by atoms with Gasteiger partial charge in [-0.2, -0.15) is 0 Å². The third-order valence-electron chi connectivity index (χ3n) is 4.58. The van der Waals surface area contributed by atoms with Crippen molar-refractivity contribution >= 4 is 28.5 Å². The summed E-state index contributed by atoms with van der Waals surface area (Å²) < 4.78 is 8.01. The first-order chi connectivity index (χ1) is 13.0. The van der Waals surface area contributed by atoms with Crippen molar-refractivity contribution in [3.8, 4) is 5.75 Å². The fraction of sp³-hybridized carbons (Fsp3) is 0.333. The summed E-state index contributed by atoms with van der Waals surface area (Å²) in [5.74, 6) is 1.51. The number of rotatable bonds is 7. The Kier molecular flexibility index (Phi) is 6.01. The van der Waals surface area contributed by atoms with Gasteiger partial charge < -0.3 is 14.2 Å². The minimum Gasteiger partial charge on any atom is -0.483 e. The number of hydrogen-bond acceptors (Lipinski definition) is 3. The fourth-order valence-corrected chi connectivity index (χ4v) is 3.28. The Hall–Kier alpha value is -2.53. The number of halogens is 1. The maximum atomic E-state index is 12.7. The molecule has 0 aliphatic carbocycles. The van der Waals surface area contributed by atoms with E-state index in [2.05, 4.69) is 0 Å². The van der Waals surface area contributed by atoms with Crippen molar-refractivity contribution in [2.75, 3.05) is 13.1 Å². The Labute approximate surface area is 164 Å². The monoisotopic (exact) mass is 385 g/mol. The Morgan fingerprint density at radius 3 is 2.48 bits per heavy atom. The number of likely N-dealkylation sites (N-methyl/N-ethyl adjacent to an activating group) is 1. The Morgan fingerprint density at radius 1 is 1.15 bits per heavy atom. The van der Waals surface area contributed by atoms with Crippen molar-refractivity contribution in [3.63, 3.8) is 0 Å². The highest BCUT2D eigenvalue weighted by Crippen LogP contribution is 2.26. The molecule has 5 nitrogen and oxygen atoms in total. The number of carbonyl (C=O) groups excluding carboxylic acids is 1. The first kappa shape index (κ1) is 19.2. The van der Waals surface area contributed by atoms with Gasteiger partial charge in [-0.25, -0.2) is 4.98 Å². The minimum absolute atomic E-state index is 0.0723. The predicted molar refractivity (Wildman–Crippen MR) is 108 cm³/mol. The van der Waals surface area contributed by atoms with E-state index in [4.69, 9.17) is 21.3 Å². The molecule has 142 valence electrons. The highest BCUT2D eigenvalue weighted by atomic mass is 35.5. The standard InChI is InChI=1S/C21H24ClN3O2/c1-4-24(5-2)20(26)14-25-19-9-7-6-8-18(19)23-21(25)15(3)27-17-12-10-16(22)11-13-17/h6-13,15H,4-5,14H2,1-3H3. The molecule has 0 bridgehead atoms. The van der Waals surface area contributed by atoms with Crippen LogP contribution in [0.1, 0.15) is 32.7 Å². The lowest BCUT2D eigenvalue weighted by atomic mass is 10.3. The predicted octanol–water partition coefficient (Wildman–Crippen LogP) is 4.70. The van der Waals surface area contributed by atoms with E-state index in [1.165, 1.54) is 0 Å². The van der Waals surface area contributed by atoms with E-state index in [-0.39, 0.29) is 18.6 Å². The van der Waals surface area contributed by atoms with E-state index in [9.17, 15) is 4.79 Å². The Morgan fingerprint density at radius 2 is 1.81 bits per heavy atom. The number of benzene rings is 2. The van der Waals surface area contributed by atoms with Gasteiger partial charge in [-0.1, -0.05) is 23.7 Å². The number of hydrogen-bond donors (Lipinski definition) is 0. The molecule has 0 spiro atoms. The van der Waals surface area contributed by atoms with Gasteiger partial charge in [-0.05, 0) is 57.2 Å². The Bertz CT molecular complexity index is 917. The SMILES string of the molecule is CCN(CC)C(=O)Cn1c(C(C)Oc2ccc(Cl)cc2)nc2ccccc21. The normalized spacial score (nSPS) is 12.1. The first-order valence-electron chi connectivity index (χ1n) is 9.18. The smallest absolute Gasteiger partial charge is 0.242 e. The van der Waals surface area contributed by atoms with Crippen molar-refractivity contribution in [1.82, 2.24) is 14.5 Å². The minimum atomic E-state index is -0.317. The van der Waals surface area contributed by atoms with Crippen molar-refractivity contribution in [3.05, 3.63) is 59.4 Å². The number of amides is 1. The average Bonchev–Trinajstić information content (AvgIpc) is 3.03. The lowest BCUT2D eigenvalue weighted by Gasteiger charge is -2.21. The van der Waals surface area contributed by atoms with Crippen molar-refractivity contribution in [1.29, 1.82) is 0 Å². The highest BCUT2D eigenvalue weighted by Gasteiger charge is 2.21. The van der Waals surface area contributed by atoms with Gasteiger partial charge in [0.15, 0.2) is 11.9 Å². The van der Waals surface area contributed by atoms with Crippen LogP contribution in [0.5, 0.6) is 5.75 Å². The second-order valence-corrected chi connectivity index (χ2v) is 6.76. The molecule has 0 radical (unpaired) electrons. The summed E-state index contributed by atoms with van der Waals surface area (Å²) in [5.41, 5.74) is 1.78. The summed E-state index contributed by atoms with van der Waals surface area (Å²) in [6, 6.07) is 15.1. The average molecular weight is 386 g/mol. The molecule has 3 aromatic rings. The number of imidazole rings is 1. The molecule has 1 heterocycles. The maximum Gasteiger partial charge on any atom is 0.242 e. The van der Waals surface area contributed by atoms with Gasteiger partial charge in [0.05, 0.1) is 11.0 Å². The molecule has 0 saturated heterocycles. The lowest BCUT2D eigenvalue weighted by molar-refractivity contribution is -0.131. The molecule has 1 unspecified atom stereocenters. The molecule has 1 amide bonds. The molecule has 0 fully saturated rings. The zero-order valence-electron chi connectivity index (χ0n) is 15.9. The molecule has 0 aliphatic heterocycles. The van der Waals surface area contributed by atoms with E-state index in [1.54, 1.807) is 12.1 Å². The second kappa shape index (κ2) is 8.44. The van der Waals surface area contributed by atoms with Crippen LogP contribution in [0, 0.1) is 0 Å². The number of para-hydroxylation sites is 2. The first-order valence-corrected chi connectivity index (χ1v) is 9.56. The third kappa shape index (κ3) is 4.25. The highest BCUT2D eigenvalue weighted by molar-refractivity contribution is 6.30. The molecule has 0 saturated carbocycles. The quantitative estimate of drug-likeness (QED) is 0.592. The molecule has 3 rings (SSSR count). The molecule has 0 aliphatic rings. The zero-order chi connectivity index (χ0) is 19.4. The summed E-state index contributed by atoms with van der Waals surface area (Å²) >= 11 is 5.94. The molecule has 27 heavy (non-hydrogen) atoms. The van der Waals surface area contributed by atoms with Crippen molar-refractivity contribution in [2.24, 2.45) is 0 Å². The van der Waals surface area contributed by atoms with E-state index in [1.807, 2.05) is 66.6 Å². The number of ether oxygens (including phenoxy) is 1. The molecule has 1 atom stereocenters. The zero-order valence-corrected chi connectivity index (χ0v) is 16.6. The van der Waals surface area contributed by atoms with E-state index in [0.29, 0.717) is 23.9 Å². The van der Waals surface area contributed by atoms with Gasteiger partial charge in [0.2, 0.25) is 5.91 Å². The number of nitrogens with zero attached hydrogens (tertiary/aromatic N) is 3. The van der Waals surface area contributed by atoms with E-state index < -0.39 is 0 Å². The summed E-state index contributed by atoms with van der Waals surface area (Å²) in [6.45, 7) is 7.53. The summed E-state index contributed by atoms with van der Waals surface area (Å²) in [7, 11) is 0. The summed E-state index contributed by atoms with van der Waals surface area (Å²) in [4.78, 5) is 19.3. The van der Waals surface area contributed by atoms with Crippen molar-refractivity contribution < 1.29 is 9.53 Å². The van der Waals surface area contributed by atoms with Crippen LogP contribution >= 0.6 is 11.6 Å². The second-order valence-electron chi connectivity index (χ2n) is 6.32. The molecule has 2 aromatic carbocycles. The van der Waals surface area contributed by atoms with Crippen LogP contribution in [0.15, 0.2) is 48.5 Å². The maximum absolute atomic E-state index is 12.7. The Balaban J connectivity index is 1.93. The van der Waals surface area contributed by atoms with Crippen LogP contribution in [0.3, 0.4) is 0 Å². The van der Waals surface area contributed by atoms with Crippen molar-refractivity contribution in [2.45, 2.75) is 33.4 Å². The third-order valence-corrected chi connectivity index (χ3v) is 4.84. The summed E-state index contributed by atoms with van der Waals surface area (Å²) in [6.07, 6.45) is -0.317. The van der Waals surface area contributed by atoms with E-state index in [0.717, 1.165) is 16.9 Å². The lowest BCUT2D eigenvalue weighted by Crippen LogP contribution is -2.34. The topological polar surface area (TPSA) is 47.4 Å². The molecular weight excluding hydrogens is 362 g/mol. The van der Waals surface area contributed by atoms with Gasteiger partial charge in [0.1, 0.15) is 12.3 Å². The van der Waals surface area contributed by atoms with Crippen LogP contribution in [0.4, 0.5) is 0 Å². The van der Waals surface area contributed by atoms with Crippen LogP contribution in [-0.2, 0) is 11.3 Å². The number of aromatic nitrogens is 2. The van der Waals surface area contributed by atoms with Gasteiger partial charge in [0, 0.05) is 18.1 Å². The van der Waals surface area contributed by atoms with Crippen LogP contribution in [0.2, 0.25) is 5.02 Å². The molecule has 6 heteroatoms. The molecular formula is C21H24ClN3O2. The largest absolute Gasteiger partial charge is 0.483 e.